The first-order valence-electron chi connectivity index (χ1n) is 7.00. The molecule has 2 aromatic carbocycles. The van der Waals surface area contributed by atoms with Crippen LogP contribution in [-0.4, -0.2) is 22.2 Å². The van der Waals surface area contributed by atoms with Gasteiger partial charge in [0.15, 0.2) is 12.4 Å². The highest BCUT2D eigenvalue weighted by molar-refractivity contribution is 5.52. The van der Waals surface area contributed by atoms with E-state index in [9.17, 15) is 10.1 Å². The quantitative estimate of drug-likeness (QED) is 0.506. The van der Waals surface area contributed by atoms with Gasteiger partial charge in [-0.2, -0.15) is 0 Å². The number of nitrogens with zero attached hydrogens (tertiary/aromatic N) is 3. The Kier molecular flexibility index (Phi) is 4.37. The third kappa shape index (κ3) is 3.32. The van der Waals surface area contributed by atoms with Crippen LogP contribution in [0.2, 0.25) is 0 Å². The third-order valence-electron chi connectivity index (χ3n) is 3.20. The van der Waals surface area contributed by atoms with Crippen molar-refractivity contribution < 1.29 is 18.8 Å². The maximum atomic E-state index is 11.1. The number of ether oxygens (including phenoxy) is 2. The molecule has 1 aromatic heterocycles. The average molecular weight is 327 g/mol. The fourth-order valence-electron chi connectivity index (χ4n) is 2.04. The number of hydrogen-bond acceptors (Lipinski definition) is 7. The topological polar surface area (TPSA) is 101 Å². The first-order chi connectivity index (χ1) is 11.7. The zero-order valence-corrected chi connectivity index (χ0v) is 12.7. The molecular weight excluding hydrogens is 314 g/mol. The zero-order valence-electron chi connectivity index (χ0n) is 12.7. The number of rotatable bonds is 6. The van der Waals surface area contributed by atoms with Gasteiger partial charge in [0.25, 0.3) is 5.89 Å². The summed E-state index contributed by atoms with van der Waals surface area (Å²) in [6, 6.07) is 13.6. The second-order valence-corrected chi connectivity index (χ2v) is 4.75. The molecule has 1 heterocycles. The Bertz CT molecular complexity index is 848. The van der Waals surface area contributed by atoms with Gasteiger partial charge in [-0.3, -0.25) is 10.1 Å². The van der Waals surface area contributed by atoms with Crippen molar-refractivity contribution >= 4 is 5.69 Å². The smallest absolute Gasteiger partial charge is 0.314 e. The summed E-state index contributed by atoms with van der Waals surface area (Å²) in [6.45, 7) is -0.0764. The molecule has 0 radical (unpaired) electrons. The average Bonchev–Trinajstić information content (AvgIpc) is 3.09. The number of nitro groups is 1. The van der Waals surface area contributed by atoms with Crippen LogP contribution in [0.25, 0.3) is 11.5 Å². The molecule has 3 aromatic rings. The van der Waals surface area contributed by atoms with Crippen molar-refractivity contribution in [1.82, 2.24) is 10.2 Å². The lowest BCUT2D eigenvalue weighted by molar-refractivity contribution is -0.386. The second-order valence-electron chi connectivity index (χ2n) is 4.75. The Morgan fingerprint density at radius 3 is 2.67 bits per heavy atom. The minimum atomic E-state index is -0.541. The van der Waals surface area contributed by atoms with Crippen LogP contribution in [0, 0.1) is 10.1 Å². The van der Waals surface area contributed by atoms with Crippen LogP contribution in [0.15, 0.2) is 52.9 Å². The van der Waals surface area contributed by atoms with E-state index in [1.807, 2.05) is 30.3 Å². The van der Waals surface area contributed by atoms with E-state index in [1.165, 1.54) is 19.2 Å². The van der Waals surface area contributed by atoms with Crippen LogP contribution >= 0.6 is 0 Å². The van der Waals surface area contributed by atoms with E-state index in [4.69, 9.17) is 13.9 Å². The van der Waals surface area contributed by atoms with E-state index < -0.39 is 4.92 Å². The highest BCUT2D eigenvalue weighted by atomic mass is 16.6. The molecule has 8 heteroatoms. The van der Waals surface area contributed by atoms with Crippen LogP contribution < -0.4 is 9.47 Å². The molecule has 0 unspecified atom stereocenters. The molecule has 0 bridgehead atoms. The van der Waals surface area contributed by atoms with Crippen LogP contribution in [-0.2, 0) is 6.61 Å². The Balaban J connectivity index is 1.75. The standard InChI is InChI=1S/C16H13N3O5/c1-22-12-7-8-14(13(9-12)19(20)21)23-10-15-17-18-16(24-15)11-5-3-2-4-6-11/h2-9H,10H2,1H3. The van der Waals surface area contributed by atoms with Gasteiger partial charge < -0.3 is 13.9 Å². The van der Waals surface area contributed by atoms with Gasteiger partial charge in [-0.15, -0.1) is 10.2 Å². The molecule has 0 spiro atoms. The Labute approximate surface area is 136 Å². The Morgan fingerprint density at radius 1 is 1.17 bits per heavy atom. The largest absolute Gasteiger partial charge is 0.496 e. The van der Waals surface area contributed by atoms with Gasteiger partial charge >= 0.3 is 5.69 Å². The van der Waals surface area contributed by atoms with E-state index >= 15 is 0 Å². The fraction of sp³-hybridized carbons (Fsp3) is 0.125. The van der Waals surface area contributed by atoms with Gasteiger partial charge in [-0.1, -0.05) is 18.2 Å². The molecule has 24 heavy (non-hydrogen) atoms. The van der Waals surface area contributed by atoms with E-state index in [0.717, 1.165) is 5.56 Å². The maximum Gasteiger partial charge on any atom is 0.314 e. The summed E-state index contributed by atoms with van der Waals surface area (Å²) in [4.78, 5) is 10.6. The van der Waals surface area contributed by atoms with E-state index in [2.05, 4.69) is 10.2 Å². The first-order valence-corrected chi connectivity index (χ1v) is 7.00. The lowest BCUT2D eigenvalue weighted by atomic mass is 10.2. The van der Waals surface area contributed by atoms with Crippen LogP contribution in [0.5, 0.6) is 11.5 Å². The second kappa shape index (κ2) is 6.78. The van der Waals surface area contributed by atoms with Gasteiger partial charge in [0.2, 0.25) is 5.89 Å². The summed E-state index contributed by atoms with van der Waals surface area (Å²) in [6.07, 6.45) is 0. The molecule has 0 atom stereocenters. The molecule has 8 nitrogen and oxygen atoms in total. The summed E-state index contributed by atoms with van der Waals surface area (Å²) in [5.41, 5.74) is 0.587. The Morgan fingerprint density at radius 2 is 1.96 bits per heavy atom. The van der Waals surface area contributed by atoms with Crippen LogP contribution in [0.3, 0.4) is 0 Å². The Hall–Kier alpha value is -3.42. The predicted octanol–water partition coefficient (Wildman–Crippen LogP) is 3.23. The molecule has 0 amide bonds. The number of methoxy groups -OCH3 is 1. The predicted molar refractivity (Wildman–Crippen MR) is 83.7 cm³/mol. The number of nitro benzene ring substituents is 1. The minimum absolute atomic E-state index is 0.0764. The lowest BCUT2D eigenvalue weighted by Crippen LogP contribution is -2.00. The molecule has 0 aliphatic heterocycles. The molecule has 0 saturated carbocycles. The van der Waals surface area contributed by atoms with Crippen molar-refractivity contribution in [2.75, 3.05) is 7.11 Å². The van der Waals surface area contributed by atoms with Gasteiger partial charge in [-0.25, -0.2) is 0 Å². The lowest BCUT2D eigenvalue weighted by Gasteiger charge is -2.06. The molecule has 0 saturated heterocycles. The molecule has 0 N–H and O–H groups in total. The van der Waals surface area contributed by atoms with Crippen molar-refractivity contribution in [2.45, 2.75) is 6.61 Å². The van der Waals surface area contributed by atoms with Crippen molar-refractivity contribution in [1.29, 1.82) is 0 Å². The van der Waals surface area contributed by atoms with Crippen molar-refractivity contribution in [3.63, 3.8) is 0 Å². The van der Waals surface area contributed by atoms with Crippen LogP contribution in [0.4, 0.5) is 5.69 Å². The zero-order chi connectivity index (χ0) is 16.9. The first kappa shape index (κ1) is 15.5. The fourth-order valence-corrected chi connectivity index (χ4v) is 2.04. The van der Waals surface area contributed by atoms with Crippen molar-refractivity contribution in [2.24, 2.45) is 0 Å². The molecule has 3 rings (SSSR count). The highest BCUT2D eigenvalue weighted by Crippen LogP contribution is 2.31. The summed E-state index contributed by atoms with van der Waals surface area (Å²) in [7, 11) is 1.43. The van der Waals surface area contributed by atoms with Crippen molar-refractivity contribution in [3.8, 4) is 23.0 Å². The molecule has 0 fully saturated rings. The van der Waals surface area contributed by atoms with Gasteiger partial charge in [0.1, 0.15) is 5.75 Å². The molecule has 122 valence electrons. The summed E-state index contributed by atoms with van der Waals surface area (Å²) in [5.74, 6) is 1.05. The number of hydrogen-bond donors (Lipinski definition) is 0. The molecule has 0 aliphatic carbocycles. The van der Waals surface area contributed by atoms with Gasteiger partial charge in [0, 0.05) is 5.56 Å². The summed E-state index contributed by atoms with van der Waals surface area (Å²) >= 11 is 0. The third-order valence-corrected chi connectivity index (χ3v) is 3.20. The van der Waals surface area contributed by atoms with E-state index in [-0.39, 0.29) is 23.9 Å². The van der Waals surface area contributed by atoms with E-state index in [1.54, 1.807) is 6.07 Å². The normalized spacial score (nSPS) is 10.4. The summed E-state index contributed by atoms with van der Waals surface area (Å²) < 4.78 is 15.9. The van der Waals surface area contributed by atoms with Gasteiger partial charge in [0.05, 0.1) is 18.1 Å². The van der Waals surface area contributed by atoms with Crippen LogP contribution in [0.1, 0.15) is 5.89 Å². The maximum absolute atomic E-state index is 11.1. The monoisotopic (exact) mass is 327 g/mol. The molecule has 0 aliphatic rings. The van der Waals surface area contributed by atoms with Crippen molar-refractivity contribution in [3.05, 3.63) is 64.5 Å². The highest BCUT2D eigenvalue weighted by Gasteiger charge is 2.18. The number of benzene rings is 2. The van der Waals surface area contributed by atoms with E-state index in [0.29, 0.717) is 11.6 Å². The van der Waals surface area contributed by atoms with Gasteiger partial charge in [-0.05, 0) is 24.3 Å². The molecular formula is C16H13N3O5. The number of aromatic nitrogens is 2. The summed E-state index contributed by atoms with van der Waals surface area (Å²) in [5, 5.41) is 18.9. The minimum Gasteiger partial charge on any atom is -0.496 e. The SMILES string of the molecule is COc1ccc(OCc2nnc(-c3ccccc3)o2)c([N+](=O)[O-])c1.